The van der Waals surface area contributed by atoms with Crippen molar-refractivity contribution in [3.63, 3.8) is 0 Å². The molecule has 20 heavy (non-hydrogen) atoms. The summed E-state index contributed by atoms with van der Waals surface area (Å²) in [6.07, 6.45) is 1.99. The molecule has 0 aliphatic rings. The fourth-order valence-corrected chi connectivity index (χ4v) is 2.37. The molecule has 0 unspecified atom stereocenters. The van der Waals surface area contributed by atoms with Gasteiger partial charge in [-0.1, -0.05) is 42.5 Å². The Morgan fingerprint density at radius 2 is 1.80 bits per heavy atom. The fourth-order valence-electron chi connectivity index (χ4n) is 2.37. The van der Waals surface area contributed by atoms with Crippen molar-refractivity contribution < 1.29 is 9.84 Å². The molecule has 0 aliphatic heterocycles. The first-order valence-electron chi connectivity index (χ1n) is 6.68. The Bertz CT molecular complexity index is 689. The van der Waals surface area contributed by atoms with E-state index in [0.717, 1.165) is 16.5 Å². The summed E-state index contributed by atoms with van der Waals surface area (Å²) in [6, 6.07) is 18.1. The second kappa shape index (κ2) is 5.90. The smallest absolute Gasteiger partial charge is 0.123 e. The van der Waals surface area contributed by atoms with Crippen LogP contribution in [0.4, 0.5) is 0 Å². The maximum atomic E-state index is 9.33. The van der Waals surface area contributed by atoms with Crippen molar-refractivity contribution >= 4 is 10.9 Å². The van der Waals surface area contributed by atoms with E-state index in [2.05, 4.69) is 16.7 Å². The topological polar surface area (TPSA) is 34.4 Å². The van der Waals surface area contributed by atoms with E-state index < -0.39 is 0 Å². The minimum absolute atomic E-state index is 0.0617. The van der Waals surface area contributed by atoms with Crippen molar-refractivity contribution in [2.24, 2.45) is 0 Å². The van der Waals surface area contributed by atoms with E-state index in [1.165, 1.54) is 5.56 Å². The van der Waals surface area contributed by atoms with Crippen LogP contribution in [0.15, 0.2) is 60.8 Å². The Morgan fingerprint density at radius 1 is 0.950 bits per heavy atom. The van der Waals surface area contributed by atoms with Crippen molar-refractivity contribution in [2.45, 2.75) is 19.9 Å². The molecular weight excluding hydrogens is 250 g/mol. The van der Waals surface area contributed by atoms with E-state index in [1.54, 1.807) is 0 Å². The zero-order valence-corrected chi connectivity index (χ0v) is 11.2. The van der Waals surface area contributed by atoms with Gasteiger partial charge in [-0.15, -0.1) is 0 Å². The van der Waals surface area contributed by atoms with Crippen LogP contribution in [-0.4, -0.2) is 9.67 Å². The Kier molecular flexibility index (Phi) is 3.81. The SMILES string of the molecule is OCc1cccc2c1ccn2COCc1ccccc1. The van der Waals surface area contributed by atoms with Crippen LogP contribution in [0.25, 0.3) is 10.9 Å². The van der Waals surface area contributed by atoms with Crippen molar-refractivity contribution in [1.82, 2.24) is 4.57 Å². The number of hydrogen-bond acceptors (Lipinski definition) is 2. The van der Waals surface area contributed by atoms with Gasteiger partial charge >= 0.3 is 0 Å². The molecule has 3 aromatic rings. The highest BCUT2D eigenvalue weighted by Crippen LogP contribution is 2.20. The first-order valence-corrected chi connectivity index (χ1v) is 6.68. The van der Waals surface area contributed by atoms with Gasteiger partial charge in [0.25, 0.3) is 0 Å². The Hall–Kier alpha value is -2.10. The fraction of sp³-hybridized carbons (Fsp3) is 0.176. The van der Waals surface area contributed by atoms with E-state index >= 15 is 0 Å². The molecule has 0 atom stereocenters. The molecule has 0 saturated heterocycles. The molecule has 102 valence electrons. The lowest BCUT2D eigenvalue weighted by molar-refractivity contribution is 0.0668. The summed E-state index contributed by atoms with van der Waals surface area (Å²) in [5.41, 5.74) is 3.20. The highest BCUT2D eigenvalue weighted by Gasteiger charge is 2.04. The van der Waals surface area contributed by atoms with E-state index in [0.29, 0.717) is 13.3 Å². The van der Waals surface area contributed by atoms with Crippen LogP contribution in [0.3, 0.4) is 0 Å². The Morgan fingerprint density at radius 3 is 2.60 bits per heavy atom. The Labute approximate surface area is 118 Å². The van der Waals surface area contributed by atoms with Crippen LogP contribution in [-0.2, 0) is 24.7 Å². The molecule has 1 heterocycles. The third-order valence-corrected chi connectivity index (χ3v) is 3.42. The maximum absolute atomic E-state index is 9.33. The Balaban J connectivity index is 1.72. The monoisotopic (exact) mass is 267 g/mol. The number of rotatable bonds is 5. The van der Waals surface area contributed by atoms with Crippen LogP contribution >= 0.6 is 0 Å². The summed E-state index contributed by atoms with van der Waals surface area (Å²) in [4.78, 5) is 0. The quantitative estimate of drug-likeness (QED) is 0.769. The molecule has 0 amide bonds. The van der Waals surface area contributed by atoms with E-state index in [4.69, 9.17) is 4.74 Å². The number of aliphatic hydroxyl groups is 1. The summed E-state index contributed by atoms with van der Waals surface area (Å²) in [5, 5.41) is 10.4. The molecule has 0 aliphatic carbocycles. The van der Waals surface area contributed by atoms with E-state index in [-0.39, 0.29) is 6.61 Å². The average Bonchev–Trinajstić information content (AvgIpc) is 2.92. The minimum atomic E-state index is 0.0617. The normalized spacial score (nSPS) is 11.1. The van der Waals surface area contributed by atoms with Gasteiger partial charge in [0.15, 0.2) is 0 Å². The maximum Gasteiger partial charge on any atom is 0.123 e. The van der Waals surface area contributed by atoms with Gasteiger partial charge in [-0.25, -0.2) is 0 Å². The second-order valence-electron chi connectivity index (χ2n) is 4.76. The lowest BCUT2D eigenvalue weighted by Gasteiger charge is -2.08. The summed E-state index contributed by atoms with van der Waals surface area (Å²) >= 11 is 0. The molecule has 1 aromatic heterocycles. The van der Waals surface area contributed by atoms with Gasteiger partial charge in [0.1, 0.15) is 6.73 Å². The van der Waals surface area contributed by atoms with E-state index in [1.807, 2.05) is 48.7 Å². The third kappa shape index (κ3) is 2.59. The number of nitrogens with zero attached hydrogens (tertiary/aromatic N) is 1. The van der Waals surface area contributed by atoms with Gasteiger partial charge in [0.05, 0.1) is 18.7 Å². The minimum Gasteiger partial charge on any atom is -0.392 e. The zero-order valence-electron chi connectivity index (χ0n) is 11.2. The van der Waals surface area contributed by atoms with Crippen LogP contribution < -0.4 is 0 Å². The van der Waals surface area contributed by atoms with Gasteiger partial charge in [0, 0.05) is 11.6 Å². The number of aromatic nitrogens is 1. The molecule has 0 saturated carbocycles. The number of hydrogen-bond donors (Lipinski definition) is 1. The molecule has 0 fully saturated rings. The predicted octanol–water partition coefficient (Wildman–Crippen LogP) is 3.31. The van der Waals surface area contributed by atoms with Gasteiger partial charge in [0.2, 0.25) is 0 Å². The second-order valence-corrected chi connectivity index (χ2v) is 4.76. The average molecular weight is 267 g/mol. The predicted molar refractivity (Wildman–Crippen MR) is 79.1 cm³/mol. The van der Waals surface area contributed by atoms with Gasteiger partial charge in [-0.3, -0.25) is 0 Å². The van der Waals surface area contributed by atoms with E-state index in [9.17, 15) is 5.11 Å². The molecule has 1 N–H and O–H groups in total. The molecular formula is C17H17NO2. The van der Waals surface area contributed by atoms with Gasteiger partial charge in [-0.05, 0) is 23.3 Å². The highest BCUT2D eigenvalue weighted by atomic mass is 16.5. The molecule has 0 spiro atoms. The van der Waals surface area contributed by atoms with Crippen molar-refractivity contribution in [3.8, 4) is 0 Å². The van der Waals surface area contributed by atoms with Crippen LogP contribution in [0, 0.1) is 0 Å². The summed E-state index contributed by atoms with van der Waals surface area (Å²) in [5.74, 6) is 0. The van der Waals surface area contributed by atoms with Gasteiger partial charge < -0.3 is 14.4 Å². The first-order chi connectivity index (χ1) is 9.88. The van der Waals surface area contributed by atoms with Crippen molar-refractivity contribution in [1.29, 1.82) is 0 Å². The molecule has 3 rings (SSSR count). The molecule has 3 heteroatoms. The molecule has 0 bridgehead atoms. The van der Waals surface area contributed by atoms with Crippen molar-refractivity contribution in [2.75, 3.05) is 0 Å². The van der Waals surface area contributed by atoms with Crippen molar-refractivity contribution in [3.05, 3.63) is 71.9 Å². The number of fused-ring (bicyclic) bond motifs is 1. The summed E-state index contributed by atoms with van der Waals surface area (Å²) in [7, 11) is 0. The largest absolute Gasteiger partial charge is 0.392 e. The standard InChI is InChI=1S/C17H17NO2/c19-11-15-7-4-8-17-16(15)9-10-18(17)13-20-12-14-5-2-1-3-6-14/h1-10,19H,11-13H2. The number of aliphatic hydroxyl groups excluding tert-OH is 1. The molecule has 2 aromatic carbocycles. The van der Waals surface area contributed by atoms with Crippen LogP contribution in [0.2, 0.25) is 0 Å². The lowest BCUT2D eigenvalue weighted by Crippen LogP contribution is -2.01. The van der Waals surface area contributed by atoms with Gasteiger partial charge in [-0.2, -0.15) is 0 Å². The zero-order chi connectivity index (χ0) is 13.8. The third-order valence-electron chi connectivity index (χ3n) is 3.42. The molecule has 0 radical (unpaired) electrons. The number of benzene rings is 2. The molecule has 3 nitrogen and oxygen atoms in total. The first kappa shape index (κ1) is 12.9. The summed E-state index contributed by atoms with van der Waals surface area (Å²) in [6.45, 7) is 1.17. The number of ether oxygens (including phenoxy) is 1. The lowest BCUT2D eigenvalue weighted by atomic mass is 10.1. The van der Waals surface area contributed by atoms with Crippen LogP contribution in [0.1, 0.15) is 11.1 Å². The van der Waals surface area contributed by atoms with Crippen LogP contribution in [0.5, 0.6) is 0 Å². The summed E-state index contributed by atoms with van der Waals surface area (Å²) < 4.78 is 7.80. The highest BCUT2D eigenvalue weighted by molar-refractivity contribution is 5.83.